The molecule has 6 fully saturated rings. The van der Waals surface area contributed by atoms with Gasteiger partial charge in [0.25, 0.3) is 11.8 Å². The normalized spacial score (nSPS) is 30.3. The molecule has 6 aliphatic heterocycles. The van der Waals surface area contributed by atoms with E-state index in [1.54, 1.807) is 74.5 Å². The Hall–Kier alpha value is -9.31. The Morgan fingerprint density at radius 3 is 1.34 bits per heavy atom. The van der Waals surface area contributed by atoms with E-state index in [2.05, 4.69) is 70.4 Å². The van der Waals surface area contributed by atoms with Crippen molar-refractivity contribution in [2.75, 3.05) is 63.5 Å². The summed E-state index contributed by atoms with van der Waals surface area (Å²) in [6.07, 6.45) is -12.9. The van der Waals surface area contributed by atoms with Gasteiger partial charge >= 0.3 is 15.3 Å². The Bertz CT molecular complexity index is 5550. The molecular formula is C68H72B2F4N22O18P4S. The molecule has 16 rings (SSSR count). The molecule has 0 bridgehead atoms. The van der Waals surface area contributed by atoms with E-state index in [1.807, 2.05) is 24.3 Å². The number of ether oxygens (including phenoxy) is 4. The van der Waals surface area contributed by atoms with Crippen molar-refractivity contribution in [3.8, 4) is 24.3 Å². The Balaban J connectivity index is 0.000000186. The number of fused-ring (bicyclic) bond motifs is 8. The van der Waals surface area contributed by atoms with Crippen molar-refractivity contribution >= 4 is 126 Å². The molecule has 14 heterocycles. The Kier molecular flexibility index (Phi) is 26.6. The first-order valence-corrected chi connectivity index (χ1v) is 41.6. The van der Waals surface area contributed by atoms with Gasteiger partial charge in [-0.3, -0.25) is 32.4 Å². The summed E-state index contributed by atoms with van der Waals surface area (Å²) < 4.78 is 173. The molecule has 6 saturated heterocycles. The van der Waals surface area contributed by atoms with Crippen LogP contribution in [-0.2, 0) is 85.0 Å². The van der Waals surface area contributed by atoms with Crippen molar-refractivity contribution in [2.45, 2.75) is 138 Å². The average molecular weight is 1740 g/mol. The summed E-state index contributed by atoms with van der Waals surface area (Å²) in [4.78, 5) is 77.3. The first-order chi connectivity index (χ1) is 57.7. The third-order valence-electron chi connectivity index (χ3n) is 18.5. The summed E-state index contributed by atoms with van der Waals surface area (Å²) in [7, 11) is -11.3. The predicted molar refractivity (Wildman–Crippen MR) is 418 cm³/mol. The zero-order valence-electron chi connectivity index (χ0n) is 61.1. The van der Waals surface area contributed by atoms with Crippen LogP contribution in [0.5, 0.6) is 0 Å². The lowest BCUT2D eigenvalue weighted by molar-refractivity contribution is -0.0619. The molecule has 20 atom stereocenters. The second-order valence-electron chi connectivity index (χ2n) is 25.9. The number of hydrogen-bond donors (Lipinski definition) is 2. The van der Waals surface area contributed by atoms with Gasteiger partial charge in [-0.05, 0) is 49.9 Å². The summed E-state index contributed by atoms with van der Waals surface area (Å²) in [5.74, 6) is -0.701. The van der Waals surface area contributed by atoms with Crippen LogP contribution in [0.15, 0.2) is 111 Å². The van der Waals surface area contributed by atoms with Gasteiger partial charge in [0.1, 0.15) is 99.4 Å². The Morgan fingerprint density at radius 2 is 0.891 bits per heavy atom. The number of alkyl halides is 4. The minimum Gasteiger partial charge on any atom is -0.346 e. The number of hydrogen-bond acceptors (Lipinski definition) is 35. The average Bonchev–Trinajstić information content (AvgIpc) is 1.62. The number of halogens is 4. The highest BCUT2D eigenvalue weighted by molar-refractivity contribution is 8.07. The van der Waals surface area contributed by atoms with Gasteiger partial charge in [0.15, 0.2) is 107 Å². The van der Waals surface area contributed by atoms with Crippen molar-refractivity contribution in [2.24, 2.45) is 0 Å². The molecule has 6 unspecified atom stereocenters. The fraction of sp³-hybridized carbons (Fsp3) is 0.441. The molecule has 2 aromatic carbocycles. The number of nitrogens with zero attached hydrogens (tertiary/aromatic N) is 20. The van der Waals surface area contributed by atoms with E-state index < -0.39 is 163 Å². The molecule has 6 aliphatic rings. The maximum Gasteiger partial charge on any atom is 0.333 e. The van der Waals surface area contributed by atoms with Crippen molar-refractivity contribution in [1.29, 1.82) is 21.0 Å². The highest BCUT2D eigenvalue weighted by Gasteiger charge is 2.59. The van der Waals surface area contributed by atoms with E-state index in [9.17, 15) is 30.6 Å². The van der Waals surface area contributed by atoms with Crippen LogP contribution >= 0.6 is 31.0 Å². The SMILES string of the molecule is [BH3-][P+]1(OCCC#N)OC[C@H]2O[C@@H](n3cnc4c(C)ncnc43)[C@H](F)[C@@H]2OP(=S)(OCCC#N)OCC2O[C@@H](n3cnc4c(NC(=O)c5ccccc5)ncnc43)[C@H](F)[C@@H]2O1.[BH3-][P+]1(OCCC#N)OC[C@H]2O[C@@H](n3cnc4c(C)ncnc43)[C@H](F)[C@@H]2OP(OCCC#N)OCC2O[C@@H](n3cnc4c(NC(=O)c5ccccc5)ncnc43)[C@H](F)[C@@H]2O1. The van der Waals surface area contributed by atoms with Gasteiger partial charge in [-0.2, -0.15) is 21.0 Å². The molecule has 8 aromatic heterocycles. The van der Waals surface area contributed by atoms with Gasteiger partial charge < -0.3 is 52.2 Å². The highest BCUT2D eigenvalue weighted by atomic mass is 32.5. The predicted octanol–water partition coefficient (Wildman–Crippen LogP) is 7.29. The molecule has 119 heavy (non-hydrogen) atoms. The lowest BCUT2D eigenvalue weighted by Crippen LogP contribution is -2.38. The van der Waals surface area contributed by atoms with E-state index in [0.717, 1.165) is 0 Å². The van der Waals surface area contributed by atoms with Gasteiger partial charge in [-0.15, -0.1) is 0 Å². The fourth-order valence-corrected chi connectivity index (χ4v) is 18.5. The smallest absolute Gasteiger partial charge is 0.333 e. The van der Waals surface area contributed by atoms with Crippen LogP contribution in [0.25, 0.3) is 44.7 Å². The molecule has 0 radical (unpaired) electrons. The molecule has 0 spiro atoms. The first kappa shape index (κ1) is 84.7. The number of nitrogens with one attached hydrogen (secondary N) is 2. The number of imidazole rings is 4. The Morgan fingerprint density at radius 1 is 0.513 bits per heavy atom. The molecule has 40 nitrogen and oxygen atoms in total. The van der Waals surface area contributed by atoms with Crippen molar-refractivity contribution in [3.63, 3.8) is 0 Å². The van der Waals surface area contributed by atoms with Gasteiger partial charge in [0, 0.05) is 11.1 Å². The summed E-state index contributed by atoms with van der Waals surface area (Å²) in [5.41, 5.74) is 4.10. The number of aryl methyl sites for hydroxylation is 2. The topological polar surface area (TPSA) is 475 Å². The fourth-order valence-electron chi connectivity index (χ4n) is 12.9. The molecule has 10 aromatic rings. The number of anilines is 2. The monoisotopic (exact) mass is 1740 g/mol. The second kappa shape index (κ2) is 37.4. The number of benzene rings is 2. The third kappa shape index (κ3) is 18.3. The zero-order chi connectivity index (χ0) is 83.1. The quantitative estimate of drug-likeness (QED) is 0.0327. The first-order valence-electron chi connectivity index (χ1n) is 35.8. The molecule has 51 heteroatoms. The summed E-state index contributed by atoms with van der Waals surface area (Å²) in [6, 6.07) is 25.0. The number of nitriles is 4. The lowest BCUT2D eigenvalue weighted by Gasteiger charge is -2.33. The van der Waals surface area contributed by atoms with Crippen molar-refractivity contribution in [1.82, 2.24) is 78.1 Å². The third-order valence-corrected chi connectivity index (χ3v) is 24.4. The van der Waals surface area contributed by atoms with E-state index in [0.29, 0.717) is 44.8 Å². The van der Waals surface area contributed by atoms with Gasteiger partial charge in [0.2, 0.25) is 30.8 Å². The molecule has 0 aliphatic carbocycles. The molecular weight excluding hydrogens is 1670 g/mol. The minimum atomic E-state index is -3.97. The lowest BCUT2D eigenvalue weighted by atomic mass is 10.1. The maximum absolute atomic E-state index is 17.1. The molecule has 622 valence electrons. The van der Waals surface area contributed by atoms with Crippen LogP contribution in [0.2, 0.25) is 0 Å². The van der Waals surface area contributed by atoms with Gasteiger partial charge in [0.05, 0.1) is 113 Å². The van der Waals surface area contributed by atoms with Gasteiger partial charge in [-0.1, -0.05) is 36.4 Å². The largest absolute Gasteiger partial charge is 0.346 e. The van der Waals surface area contributed by atoms with E-state index >= 15 is 17.6 Å². The van der Waals surface area contributed by atoms with Crippen LogP contribution < -0.4 is 10.6 Å². The zero-order valence-corrected chi connectivity index (χ0v) is 65.5. The molecule has 2 N–H and O–H groups in total. The number of amides is 2. The van der Waals surface area contributed by atoms with Crippen LogP contribution in [0.3, 0.4) is 0 Å². The summed E-state index contributed by atoms with van der Waals surface area (Å²) >= 11 is 5.81. The number of rotatable bonds is 20. The number of carbonyl (C=O) groups excluding carboxylic acids is 2. The molecule has 0 saturated carbocycles. The van der Waals surface area contributed by atoms with Crippen LogP contribution in [0.4, 0.5) is 29.2 Å². The van der Waals surface area contributed by atoms with E-state index in [1.165, 1.54) is 68.9 Å². The maximum atomic E-state index is 17.1. The number of carbonyl (C=O) groups is 2. The number of aromatic nitrogens is 16. The molecule has 2 amide bonds. The van der Waals surface area contributed by atoms with E-state index in [-0.39, 0.29) is 106 Å². The standard InChI is InChI=1S/C34H36BF2N11O9P2S.C34H36BF2N11O9P2/c1-19-25-30(42-15-40-19)47(17-44-25)34-24(37)28-21(54-34)13-52-58(35,50-11-5-9-38)56-27-22(14-53-59(60,57-28)51-12-6-10-39)55-33(23(27)36)48-18-45-26-29(41-16-43-31(26)48)46-32(49)20-7-3-2-4-8-20;1-19-25-30(42-15-40-19)47(17-44-25)33-23(36)27-22(55-33)14-53-59(35,52-12-6-10-39)57-28-21(13-51-58(56-27)50-11-5-9-38)54-34(24(28)37)48-18-45-26-29(41-16-43-31(26)48)46-32(49)20-7-3-2-4-8-20/h2-4,7-8,15-18,21-24,27-28,33-34H,5-6,11-14H2,1,35H3,(H,41,43,46,49);2-4,7-8,15-18,21-24,27-28,33-34H,5-6,11-14H2,1,35H3,(H,41,43,46,49)/t21-,22?,23-,24-,27-,28-,33-,34-,58?,59?;21?,22-,23-,24-,27-,28-,33-,34-,58?,59?/m11/s1. The van der Waals surface area contributed by atoms with Crippen molar-refractivity contribution < 1.29 is 100 Å². The summed E-state index contributed by atoms with van der Waals surface area (Å²) in [5, 5.41) is 42.6. The van der Waals surface area contributed by atoms with Crippen molar-refractivity contribution in [3.05, 3.63) is 134 Å². The van der Waals surface area contributed by atoms with E-state index in [4.69, 9.17) is 85.0 Å². The van der Waals surface area contributed by atoms with Crippen LogP contribution in [0, 0.1) is 59.2 Å². The van der Waals surface area contributed by atoms with Crippen LogP contribution in [-0.4, -0.2) is 231 Å². The minimum absolute atomic E-state index is 0.000506. The second-order valence-corrected chi connectivity index (χ2v) is 32.4. The highest BCUT2D eigenvalue weighted by Crippen LogP contribution is 2.64. The Labute approximate surface area is 681 Å². The summed E-state index contributed by atoms with van der Waals surface area (Å²) in [6.45, 7) is -2.51. The van der Waals surface area contributed by atoms with Gasteiger partial charge in [-0.25, -0.2) is 105 Å². The van der Waals surface area contributed by atoms with Crippen LogP contribution in [0.1, 0.15) is 82.7 Å².